The smallest absolute Gasteiger partial charge is 0.339 e. The molecule has 0 fully saturated rings. The number of aryl methyl sites for hydroxylation is 2. The van der Waals surface area contributed by atoms with Crippen molar-refractivity contribution < 1.29 is 9.53 Å². The quantitative estimate of drug-likeness (QED) is 0.792. The maximum Gasteiger partial charge on any atom is 0.339 e. The minimum Gasteiger partial charge on any atom is -0.462 e. The molecule has 2 aromatic rings. The first-order valence-corrected chi connectivity index (χ1v) is 6.57. The first-order valence-electron chi connectivity index (χ1n) is 5.77. The highest BCUT2D eigenvalue weighted by atomic mass is 79.9. The van der Waals surface area contributed by atoms with Gasteiger partial charge in [-0.15, -0.1) is 0 Å². The van der Waals surface area contributed by atoms with Crippen molar-refractivity contribution in [1.29, 1.82) is 0 Å². The first-order chi connectivity index (χ1) is 8.52. The number of nitrogens with zero attached hydrogens (tertiary/aromatic N) is 1. The van der Waals surface area contributed by atoms with Gasteiger partial charge in [0.15, 0.2) is 0 Å². The summed E-state index contributed by atoms with van der Waals surface area (Å²) in [4.78, 5) is 16.3. The normalized spacial score (nSPS) is 10.7. The number of benzene rings is 1. The van der Waals surface area contributed by atoms with Crippen molar-refractivity contribution in [3.63, 3.8) is 0 Å². The van der Waals surface area contributed by atoms with Gasteiger partial charge in [-0.2, -0.15) is 0 Å². The lowest BCUT2D eigenvalue weighted by atomic mass is 10.1. The third kappa shape index (κ3) is 2.38. The number of pyridine rings is 1. The van der Waals surface area contributed by atoms with E-state index in [4.69, 9.17) is 4.74 Å². The molecule has 1 heterocycles. The molecule has 94 valence electrons. The third-order valence-electron chi connectivity index (χ3n) is 2.76. The third-order valence-corrected chi connectivity index (χ3v) is 3.22. The van der Waals surface area contributed by atoms with E-state index in [1.807, 2.05) is 32.0 Å². The summed E-state index contributed by atoms with van der Waals surface area (Å²) in [7, 11) is 0. The standard InChI is InChI=1S/C14H14BrNO2/c1-4-18-14(17)12-7-10-6-11(15)5-8(2)13(10)16-9(12)3/h5-7H,4H2,1-3H3. The SMILES string of the molecule is CCOC(=O)c1cc2cc(Br)cc(C)c2nc1C. The molecule has 0 unspecified atom stereocenters. The lowest BCUT2D eigenvalue weighted by Crippen LogP contribution is -2.08. The molecule has 0 spiro atoms. The van der Waals surface area contributed by atoms with Crippen LogP contribution in [0.25, 0.3) is 10.9 Å². The second kappa shape index (κ2) is 5.06. The molecule has 0 N–H and O–H groups in total. The fourth-order valence-corrected chi connectivity index (χ4v) is 2.52. The number of fused-ring (bicyclic) bond motifs is 1. The van der Waals surface area contributed by atoms with Gasteiger partial charge in [-0.1, -0.05) is 15.9 Å². The molecule has 1 aromatic carbocycles. The van der Waals surface area contributed by atoms with Gasteiger partial charge in [0.25, 0.3) is 0 Å². The average molecular weight is 308 g/mol. The van der Waals surface area contributed by atoms with Crippen LogP contribution < -0.4 is 0 Å². The van der Waals surface area contributed by atoms with E-state index in [1.165, 1.54) is 0 Å². The van der Waals surface area contributed by atoms with Gasteiger partial charge in [0.2, 0.25) is 0 Å². The van der Waals surface area contributed by atoms with Gasteiger partial charge in [-0.3, -0.25) is 4.98 Å². The Labute approximate surface area is 114 Å². The predicted molar refractivity (Wildman–Crippen MR) is 74.9 cm³/mol. The van der Waals surface area contributed by atoms with Crippen LogP contribution in [0.3, 0.4) is 0 Å². The second-order valence-corrected chi connectivity index (χ2v) is 5.05. The Morgan fingerprint density at radius 1 is 1.33 bits per heavy atom. The zero-order valence-electron chi connectivity index (χ0n) is 10.6. The summed E-state index contributed by atoms with van der Waals surface area (Å²) in [5.74, 6) is -0.318. The molecular weight excluding hydrogens is 294 g/mol. The van der Waals surface area contributed by atoms with E-state index in [0.717, 1.165) is 20.9 Å². The van der Waals surface area contributed by atoms with Crippen LogP contribution in [0.5, 0.6) is 0 Å². The van der Waals surface area contributed by atoms with E-state index in [9.17, 15) is 4.79 Å². The number of carbonyl (C=O) groups excluding carboxylic acids is 1. The van der Waals surface area contributed by atoms with Crippen LogP contribution >= 0.6 is 15.9 Å². The molecule has 0 saturated heterocycles. The number of esters is 1. The first kappa shape index (κ1) is 13.0. The minimum absolute atomic E-state index is 0.318. The topological polar surface area (TPSA) is 39.2 Å². The molecule has 18 heavy (non-hydrogen) atoms. The monoisotopic (exact) mass is 307 g/mol. The fourth-order valence-electron chi connectivity index (χ4n) is 1.93. The molecule has 2 rings (SSSR count). The van der Waals surface area contributed by atoms with E-state index < -0.39 is 0 Å². The van der Waals surface area contributed by atoms with Gasteiger partial charge in [0.05, 0.1) is 23.4 Å². The average Bonchev–Trinajstić information content (AvgIpc) is 2.29. The summed E-state index contributed by atoms with van der Waals surface area (Å²) < 4.78 is 6.01. The molecule has 0 bridgehead atoms. The fraction of sp³-hybridized carbons (Fsp3) is 0.286. The molecule has 0 aliphatic rings. The van der Waals surface area contributed by atoms with Crippen LogP contribution in [-0.4, -0.2) is 17.6 Å². The maximum absolute atomic E-state index is 11.8. The van der Waals surface area contributed by atoms with Crippen LogP contribution in [0, 0.1) is 13.8 Å². The summed E-state index contributed by atoms with van der Waals surface area (Å²) in [5, 5.41) is 0.940. The zero-order chi connectivity index (χ0) is 13.3. The number of aromatic nitrogens is 1. The Morgan fingerprint density at radius 3 is 2.72 bits per heavy atom. The number of rotatable bonds is 2. The number of carbonyl (C=O) groups is 1. The Hall–Kier alpha value is -1.42. The number of ether oxygens (including phenoxy) is 1. The summed E-state index contributed by atoms with van der Waals surface area (Å²) in [6, 6.07) is 5.81. The van der Waals surface area contributed by atoms with Crippen LogP contribution in [0.2, 0.25) is 0 Å². The number of hydrogen-bond acceptors (Lipinski definition) is 3. The molecule has 0 aliphatic heterocycles. The van der Waals surface area contributed by atoms with Crippen molar-refractivity contribution in [2.24, 2.45) is 0 Å². The van der Waals surface area contributed by atoms with Crippen molar-refractivity contribution in [3.8, 4) is 0 Å². The van der Waals surface area contributed by atoms with Crippen molar-refractivity contribution in [3.05, 3.63) is 39.5 Å². The van der Waals surface area contributed by atoms with Gasteiger partial charge in [0, 0.05) is 9.86 Å². The van der Waals surface area contributed by atoms with Crippen molar-refractivity contribution in [2.45, 2.75) is 20.8 Å². The Morgan fingerprint density at radius 2 is 2.06 bits per heavy atom. The molecule has 3 nitrogen and oxygen atoms in total. The molecule has 4 heteroatoms. The highest BCUT2D eigenvalue weighted by Crippen LogP contribution is 2.24. The Kier molecular flexibility index (Phi) is 3.66. The van der Waals surface area contributed by atoms with Gasteiger partial charge < -0.3 is 4.74 Å². The highest BCUT2D eigenvalue weighted by Gasteiger charge is 2.13. The van der Waals surface area contributed by atoms with Crippen LogP contribution in [0.15, 0.2) is 22.7 Å². The molecular formula is C14H14BrNO2. The van der Waals surface area contributed by atoms with Gasteiger partial charge in [0.1, 0.15) is 0 Å². The van der Waals surface area contributed by atoms with Crippen LogP contribution in [-0.2, 0) is 4.74 Å². The molecule has 0 amide bonds. The Balaban J connectivity index is 2.64. The van der Waals surface area contributed by atoms with Crippen molar-refractivity contribution in [1.82, 2.24) is 4.98 Å². The van der Waals surface area contributed by atoms with E-state index in [1.54, 1.807) is 6.92 Å². The van der Waals surface area contributed by atoms with Gasteiger partial charge >= 0.3 is 5.97 Å². The molecule has 1 aromatic heterocycles. The van der Waals surface area contributed by atoms with Crippen molar-refractivity contribution >= 4 is 32.8 Å². The van der Waals surface area contributed by atoms with Gasteiger partial charge in [-0.25, -0.2) is 4.79 Å². The Bertz CT molecular complexity index is 623. The lowest BCUT2D eigenvalue weighted by Gasteiger charge is -2.09. The highest BCUT2D eigenvalue weighted by molar-refractivity contribution is 9.10. The zero-order valence-corrected chi connectivity index (χ0v) is 12.2. The van der Waals surface area contributed by atoms with Crippen molar-refractivity contribution in [2.75, 3.05) is 6.61 Å². The summed E-state index contributed by atoms with van der Waals surface area (Å²) in [6.07, 6.45) is 0. The largest absolute Gasteiger partial charge is 0.462 e. The van der Waals surface area contributed by atoms with Crippen LogP contribution in [0.4, 0.5) is 0 Å². The van der Waals surface area contributed by atoms with E-state index >= 15 is 0 Å². The van der Waals surface area contributed by atoms with Crippen LogP contribution in [0.1, 0.15) is 28.5 Å². The molecule has 0 radical (unpaired) electrons. The van der Waals surface area contributed by atoms with Gasteiger partial charge in [-0.05, 0) is 44.5 Å². The molecule has 0 saturated carbocycles. The second-order valence-electron chi connectivity index (χ2n) is 4.14. The summed E-state index contributed by atoms with van der Waals surface area (Å²) in [6.45, 7) is 5.99. The maximum atomic E-state index is 11.8. The lowest BCUT2D eigenvalue weighted by molar-refractivity contribution is 0.0525. The van der Waals surface area contributed by atoms with E-state index in [-0.39, 0.29) is 5.97 Å². The minimum atomic E-state index is -0.318. The molecule has 0 aliphatic carbocycles. The summed E-state index contributed by atoms with van der Waals surface area (Å²) in [5.41, 5.74) is 3.23. The molecule has 0 atom stereocenters. The predicted octanol–water partition coefficient (Wildman–Crippen LogP) is 3.79. The number of hydrogen-bond donors (Lipinski definition) is 0. The van der Waals surface area contributed by atoms with E-state index in [0.29, 0.717) is 17.9 Å². The van der Waals surface area contributed by atoms with E-state index in [2.05, 4.69) is 20.9 Å². The number of halogens is 1. The summed E-state index contributed by atoms with van der Waals surface area (Å²) >= 11 is 3.45.